The smallest absolute Gasteiger partial charge is 0.256 e. The SMILES string of the molecule is Cc1ccc(-n2ncc(C(=O)NCCCOC(C)C)c2-n2cccc2)cc1. The van der Waals surface area contributed by atoms with Crippen molar-refractivity contribution in [3.63, 3.8) is 0 Å². The van der Waals surface area contributed by atoms with Crippen molar-refractivity contribution < 1.29 is 9.53 Å². The third kappa shape index (κ3) is 4.65. The molecular formula is C21H26N4O2. The molecular weight excluding hydrogens is 340 g/mol. The van der Waals surface area contributed by atoms with Crippen LogP contribution in [-0.4, -0.2) is 39.5 Å². The second-order valence-corrected chi connectivity index (χ2v) is 6.75. The fourth-order valence-corrected chi connectivity index (χ4v) is 2.79. The second kappa shape index (κ2) is 8.68. The molecule has 0 spiro atoms. The van der Waals surface area contributed by atoms with Crippen molar-refractivity contribution in [3.8, 4) is 11.5 Å². The average molecular weight is 366 g/mol. The summed E-state index contributed by atoms with van der Waals surface area (Å²) < 4.78 is 9.21. The second-order valence-electron chi connectivity index (χ2n) is 6.75. The van der Waals surface area contributed by atoms with Crippen LogP contribution in [0.1, 0.15) is 36.2 Å². The van der Waals surface area contributed by atoms with Gasteiger partial charge in [0.15, 0.2) is 5.82 Å². The summed E-state index contributed by atoms with van der Waals surface area (Å²) in [6, 6.07) is 11.9. The Hall–Kier alpha value is -2.86. The molecule has 0 bridgehead atoms. The quantitative estimate of drug-likeness (QED) is 0.621. The van der Waals surface area contributed by atoms with E-state index in [9.17, 15) is 4.79 Å². The van der Waals surface area contributed by atoms with Crippen molar-refractivity contribution in [2.45, 2.75) is 33.3 Å². The highest BCUT2D eigenvalue weighted by Crippen LogP contribution is 2.20. The van der Waals surface area contributed by atoms with E-state index in [1.807, 2.05) is 74.1 Å². The number of nitrogens with one attached hydrogen (secondary N) is 1. The van der Waals surface area contributed by atoms with E-state index >= 15 is 0 Å². The van der Waals surface area contributed by atoms with E-state index in [1.54, 1.807) is 10.9 Å². The zero-order valence-electron chi connectivity index (χ0n) is 16.1. The summed E-state index contributed by atoms with van der Waals surface area (Å²) >= 11 is 0. The van der Waals surface area contributed by atoms with E-state index < -0.39 is 0 Å². The zero-order chi connectivity index (χ0) is 19.2. The summed E-state index contributed by atoms with van der Waals surface area (Å²) in [6.45, 7) is 7.24. The fourth-order valence-electron chi connectivity index (χ4n) is 2.79. The fraction of sp³-hybridized carbons (Fsp3) is 0.333. The van der Waals surface area contributed by atoms with Gasteiger partial charge in [0.25, 0.3) is 5.91 Å². The number of hydrogen-bond acceptors (Lipinski definition) is 3. The third-order valence-corrected chi connectivity index (χ3v) is 4.17. The van der Waals surface area contributed by atoms with Crippen LogP contribution in [-0.2, 0) is 4.74 Å². The third-order valence-electron chi connectivity index (χ3n) is 4.17. The van der Waals surface area contributed by atoms with E-state index in [2.05, 4.69) is 10.4 Å². The molecule has 0 atom stereocenters. The minimum Gasteiger partial charge on any atom is -0.379 e. The van der Waals surface area contributed by atoms with Crippen molar-refractivity contribution in [3.05, 3.63) is 66.1 Å². The number of benzene rings is 1. The summed E-state index contributed by atoms with van der Waals surface area (Å²) in [5.74, 6) is 0.585. The standard InChI is InChI=1S/C21H26N4O2/c1-16(2)27-14-6-11-22-20(26)19-15-23-25(18-9-7-17(3)8-10-18)21(19)24-12-4-5-13-24/h4-5,7-10,12-13,15-16H,6,11,14H2,1-3H3,(H,22,26). The van der Waals surface area contributed by atoms with Crippen LogP contribution in [0.15, 0.2) is 55.0 Å². The van der Waals surface area contributed by atoms with Gasteiger partial charge in [-0.2, -0.15) is 5.10 Å². The Bertz CT molecular complexity index is 864. The zero-order valence-corrected chi connectivity index (χ0v) is 16.1. The van der Waals surface area contributed by atoms with Gasteiger partial charge in [-0.1, -0.05) is 17.7 Å². The number of carbonyl (C=O) groups excluding carboxylic acids is 1. The van der Waals surface area contributed by atoms with Gasteiger partial charge in [-0.3, -0.25) is 4.79 Å². The molecule has 6 heteroatoms. The van der Waals surface area contributed by atoms with E-state index in [0.717, 1.165) is 17.9 Å². The highest BCUT2D eigenvalue weighted by molar-refractivity contribution is 5.97. The van der Waals surface area contributed by atoms with Crippen LogP contribution in [0.25, 0.3) is 11.5 Å². The highest BCUT2D eigenvalue weighted by atomic mass is 16.5. The van der Waals surface area contributed by atoms with E-state index in [0.29, 0.717) is 18.7 Å². The molecule has 1 amide bonds. The Balaban J connectivity index is 1.81. The predicted molar refractivity (Wildman–Crippen MR) is 106 cm³/mol. The number of carbonyl (C=O) groups is 1. The van der Waals surface area contributed by atoms with Gasteiger partial charge < -0.3 is 14.6 Å². The molecule has 3 rings (SSSR count). The van der Waals surface area contributed by atoms with Crippen LogP contribution >= 0.6 is 0 Å². The Kier molecular flexibility index (Phi) is 6.08. The molecule has 0 radical (unpaired) electrons. The molecule has 0 unspecified atom stereocenters. The number of rotatable bonds is 8. The van der Waals surface area contributed by atoms with Crippen molar-refractivity contribution in [2.75, 3.05) is 13.2 Å². The van der Waals surface area contributed by atoms with Crippen LogP contribution in [0.5, 0.6) is 0 Å². The largest absolute Gasteiger partial charge is 0.379 e. The lowest BCUT2D eigenvalue weighted by Gasteiger charge is -2.12. The number of amides is 1. The van der Waals surface area contributed by atoms with Crippen LogP contribution < -0.4 is 5.32 Å². The maximum atomic E-state index is 12.7. The van der Waals surface area contributed by atoms with Gasteiger partial charge in [0, 0.05) is 25.5 Å². The normalized spacial score (nSPS) is 11.1. The van der Waals surface area contributed by atoms with Crippen molar-refractivity contribution >= 4 is 5.91 Å². The minimum atomic E-state index is -0.137. The van der Waals surface area contributed by atoms with Gasteiger partial charge in [-0.25, -0.2) is 4.68 Å². The monoisotopic (exact) mass is 366 g/mol. The number of aromatic nitrogens is 3. The lowest BCUT2D eigenvalue weighted by atomic mass is 10.2. The van der Waals surface area contributed by atoms with Crippen molar-refractivity contribution in [1.29, 1.82) is 0 Å². The van der Waals surface area contributed by atoms with Crippen LogP contribution in [0, 0.1) is 6.92 Å². The Morgan fingerprint density at radius 2 is 1.89 bits per heavy atom. The molecule has 142 valence electrons. The molecule has 0 fully saturated rings. The van der Waals surface area contributed by atoms with E-state index in [-0.39, 0.29) is 12.0 Å². The maximum absolute atomic E-state index is 12.7. The molecule has 3 aromatic rings. The van der Waals surface area contributed by atoms with Gasteiger partial charge in [-0.15, -0.1) is 0 Å². The molecule has 1 N–H and O–H groups in total. The number of aryl methyl sites for hydroxylation is 1. The molecule has 2 heterocycles. The number of hydrogen-bond donors (Lipinski definition) is 1. The molecule has 0 aliphatic heterocycles. The number of ether oxygens (including phenoxy) is 1. The maximum Gasteiger partial charge on any atom is 0.256 e. The molecule has 0 saturated heterocycles. The summed E-state index contributed by atoms with van der Waals surface area (Å²) in [7, 11) is 0. The summed E-state index contributed by atoms with van der Waals surface area (Å²) in [5.41, 5.74) is 2.63. The van der Waals surface area contributed by atoms with Crippen molar-refractivity contribution in [2.24, 2.45) is 0 Å². The molecule has 1 aromatic carbocycles. The van der Waals surface area contributed by atoms with E-state index in [4.69, 9.17) is 4.74 Å². The lowest BCUT2D eigenvalue weighted by Crippen LogP contribution is -2.26. The van der Waals surface area contributed by atoms with Gasteiger partial charge >= 0.3 is 0 Å². The Morgan fingerprint density at radius 3 is 2.56 bits per heavy atom. The number of nitrogens with zero attached hydrogens (tertiary/aromatic N) is 3. The first-order chi connectivity index (χ1) is 13.1. The Labute approximate surface area is 159 Å². The average Bonchev–Trinajstić information content (AvgIpc) is 3.31. The lowest BCUT2D eigenvalue weighted by molar-refractivity contribution is 0.0757. The highest BCUT2D eigenvalue weighted by Gasteiger charge is 2.19. The first-order valence-electron chi connectivity index (χ1n) is 9.24. The summed E-state index contributed by atoms with van der Waals surface area (Å²) in [5, 5.41) is 7.43. The first-order valence-corrected chi connectivity index (χ1v) is 9.24. The Morgan fingerprint density at radius 1 is 1.19 bits per heavy atom. The van der Waals surface area contributed by atoms with Crippen LogP contribution in [0.4, 0.5) is 0 Å². The summed E-state index contributed by atoms with van der Waals surface area (Å²) in [6.07, 6.45) is 6.42. The first kappa shape index (κ1) is 18.9. The molecule has 27 heavy (non-hydrogen) atoms. The van der Waals surface area contributed by atoms with Crippen LogP contribution in [0.2, 0.25) is 0 Å². The molecule has 0 saturated carbocycles. The topological polar surface area (TPSA) is 61.1 Å². The minimum absolute atomic E-state index is 0.137. The van der Waals surface area contributed by atoms with Gasteiger partial charge in [0.05, 0.1) is 18.0 Å². The van der Waals surface area contributed by atoms with Gasteiger partial charge in [0.1, 0.15) is 5.56 Å². The summed E-state index contributed by atoms with van der Waals surface area (Å²) in [4.78, 5) is 12.7. The van der Waals surface area contributed by atoms with Crippen molar-refractivity contribution in [1.82, 2.24) is 19.7 Å². The van der Waals surface area contributed by atoms with Crippen LogP contribution in [0.3, 0.4) is 0 Å². The van der Waals surface area contributed by atoms with E-state index in [1.165, 1.54) is 5.56 Å². The molecule has 0 aliphatic carbocycles. The molecule has 0 aliphatic rings. The molecule has 2 aromatic heterocycles. The van der Waals surface area contributed by atoms with Gasteiger partial charge in [-0.05, 0) is 51.5 Å². The van der Waals surface area contributed by atoms with Gasteiger partial charge in [0.2, 0.25) is 0 Å². The predicted octanol–water partition coefficient (Wildman–Crippen LogP) is 3.52. The molecule has 6 nitrogen and oxygen atoms in total.